The minimum atomic E-state index is 0.119. The van der Waals surface area contributed by atoms with Gasteiger partial charge in [0.05, 0.1) is 0 Å². The Morgan fingerprint density at radius 1 is 1.53 bits per heavy atom. The minimum absolute atomic E-state index is 0.119. The normalized spacial score (nSPS) is 15.0. The highest BCUT2D eigenvalue weighted by atomic mass is 35.5. The molecule has 0 heterocycles. The van der Waals surface area contributed by atoms with Crippen LogP contribution in [-0.2, 0) is 11.3 Å². The summed E-state index contributed by atoms with van der Waals surface area (Å²) in [5.74, 6) is 0.346. The fourth-order valence-electron chi connectivity index (χ4n) is 1.40. The Morgan fingerprint density at radius 2 is 2.27 bits per heavy atom. The summed E-state index contributed by atoms with van der Waals surface area (Å²) in [5, 5.41) is 3.49. The fourth-order valence-corrected chi connectivity index (χ4v) is 1.59. The van der Waals surface area contributed by atoms with Crippen LogP contribution < -0.4 is 11.1 Å². The third-order valence-corrected chi connectivity index (χ3v) is 2.84. The Balaban J connectivity index is 1.97. The summed E-state index contributed by atoms with van der Waals surface area (Å²) < 4.78 is 0. The van der Waals surface area contributed by atoms with E-state index in [0.29, 0.717) is 17.3 Å². The molecule has 0 bridgehead atoms. The summed E-state index contributed by atoms with van der Waals surface area (Å²) in [6.45, 7) is 0.458. The van der Waals surface area contributed by atoms with Crippen LogP contribution in [-0.4, -0.2) is 5.91 Å². The first kappa shape index (κ1) is 10.3. The quantitative estimate of drug-likeness (QED) is 0.772. The van der Waals surface area contributed by atoms with Gasteiger partial charge in [-0.25, -0.2) is 0 Å². The van der Waals surface area contributed by atoms with Gasteiger partial charge in [0.15, 0.2) is 0 Å². The SMILES string of the molecule is Nc1ccc(Cl)c(CNC(=O)C2CC2)c1. The maximum atomic E-state index is 11.4. The van der Waals surface area contributed by atoms with Crippen molar-refractivity contribution in [3.05, 3.63) is 28.8 Å². The summed E-state index contributed by atoms with van der Waals surface area (Å²) in [6, 6.07) is 5.28. The van der Waals surface area contributed by atoms with Gasteiger partial charge in [0.2, 0.25) is 5.91 Å². The van der Waals surface area contributed by atoms with Gasteiger partial charge in [-0.05, 0) is 36.6 Å². The van der Waals surface area contributed by atoms with Gasteiger partial charge < -0.3 is 11.1 Å². The van der Waals surface area contributed by atoms with Crippen molar-refractivity contribution in [2.45, 2.75) is 19.4 Å². The zero-order chi connectivity index (χ0) is 10.8. The minimum Gasteiger partial charge on any atom is -0.399 e. The van der Waals surface area contributed by atoms with Crippen molar-refractivity contribution in [2.75, 3.05) is 5.73 Å². The van der Waals surface area contributed by atoms with Gasteiger partial charge in [0.1, 0.15) is 0 Å². The van der Waals surface area contributed by atoms with Crippen molar-refractivity contribution < 1.29 is 4.79 Å². The number of nitrogens with two attached hydrogens (primary N) is 1. The monoisotopic (exact) mass is 224 g/mol. The third kappa shape index (κ3) is 2.63. The van der Waals surface area contributed by atoms with E-state index in [1.807, 2.05) is 0 Å². The van der Waals surface area contributed by atoms with Crippen molar-refractivity contribution in [3.63, 3.8) is 0 Å². The van der Waals surface area contributed by atoms with Crippen LogP contribution >= 0.6 is 11.6 Å². The second-order valence-electron chi connectivity index (χ2n) is 3.84. The highest BCUT2D eigenvalue weighted by molar-refractivity contribution is 6.31. The van der Waals surface area contributed by atoms with Crippen LogP contribution in [0.3, 0.4) is 0 Å². The largest absolute Gasteiger partial charge is 0.399 e. The molecule has 0 spiro atoms. The van der Waals surface area contributed by atoms with Crippen molar-refractivity contribution >= 4 is 23.2 Å². The average molecular weight is 225 g/mol. The van der Waals surface area contributed by atoms with Crippen LogP contribution in [0.2, 0.25) is 5.02 Å². The Bertz CT molecular complexity index is 388. The molecule has 3 N–H and O–H groups in total. The van der Waals surface area contributed by atoms with Gasteiger partial charge >= 0.3 is 0 Å². The maximum Gasteiger partial charge on any atom is 0.223 e. The van der Waals surface area contributed by atoms with Crippen molar-refractivity contribution in [1.29, 1.82) is 0 Å². The lowest BCUT2D eigenvalue weighted by molar-refractivity contribution is -0.122. The van der Waals surface area contributed by atoms with Gasteiger partial charge in [-0.1, -0.05) is 11.6 Å². The number of hydrogen-bond acceptors (Lipinski definition) is 2. The number of carbonyl (C=O) groups is 1. The van der Waals surface area contributed by atoms with Crippen molar-refractivity contribution in [1.82, 2.24) is 5.32 Å². The van der Waals surface area contributed by atoms with Crippen LogP contribution in [0, 0.1) is 5.92 Å². The van der Waals surface area contributed by atoms with Crippen LogP contribution in [0.5, 0.6) is 0 Å². The van der Waals surface area contributed by atoms with Crippen LogP contribution in [0.4, 0.5) is 5.69 Å². The van der Waals surface area contributed by atoms with E-state index in [0.717, 1.165) is 18.4 Å². The van der Waals surface area contributed by atoms with Gasteiger partial charge in [-0.15, -0.1) is 0 Å². The summed E-state index contributed by atoms with van der Waals surface area (Å²) in [4.78, 5) is 11.4. The molecule has 1 amide bonds. The third-order valence-electron chi connectivity index (χ3n) is 2.47. The number of hydrogen-bond donors (Lipinski definition) is 2. The van der Waals surface area contributed by atoms with Crippen molar-refractivity contribution in [2.24, 2.45) is 5.92 Å². The molecule has 0 aliphatic heterocycles. The smallest absolute Gasteiger partial charge is 0.223 e. The Hall–Kier alpha value is -1.22. The Kier molecular flexibility index (Phi) is 2.82. The molecule has 0 atom stereocenters. The summed E-state index contributed by atoms with van der Waals surface area (Å²) in [5.41, 5.74) is 7.16. The number of nitrogens with one attached hydrogen (secondary N) is 1. The van der Waals surface area contributed by atoms with Crippen LogP contribution in [0.1, 0.15) is 18.4 Å². The predicted molar refractivity (Wildman–Crippen MR) is 60.4 cm³/mol. The van der Waals surface area contributed by atoms with Gasteiger partial charge in [-0.3, -0.25) is 4.79 Å². The lowest BCUT2D eigenvalue weighted by Gasteiger charge is -2.07. The van der Waals surface area contributed by atoms with Crippen LogP contribution in [0.15, 0.2) is 18.2 Å². The van der Waals surface area contributed by atoms with E-state index in [1.165, 1.54) is 0 Å². The van der Waals surface area contributed by atoms with Gasteiger partial charge in [-0.2, -0.15) is 0 Å². The summed E-state index contributed by atoms with van der Waals surface area (Å²) in [6.07, 6.45) is 2.02. The average Bonchev–Trinajstić information content (AvgIpc) is 3.02. The summed E-state index contributed by atoms with van der Waals surface area (Å²) in [7, 11) is 0. The standard InChI is InChI=1S/C11H13ClN2O/c12-10-4-3-9(13)5-8(10)6-14-11(15)7-1-2-7/h3-5,7H,1-2,6,13H2,(H,14,15). The molecular formula is C11H13ClN2O. The second-order valence-corrected chi connectivity index (χ2v) is 4.25. The maximum absolute atomic E-state index is 11.4. The molecule has 1 aliphatic rings. The topological polar surface area (TPSA) is 55.1 Å². The number of halogens is 1. The predicted octanol–water partition coefficient (Wildman–Crippen LogP) is 1.95. The molecule has 1 aromatic rings. The number of carbonyl (C=O) groups excluding carboxylic acids is 1. The molecule has 0 unspecified atom stereocenters. The number of anilines is 1. The molecule has 0 aromatic heterocycles. The molecule has 0 saturated heterocycles. The molecule has 4 heteroatoms. The van der Waals surface area contributed by atoms with E-state index in [9.17, 15) is 4.79 Å². The molecule has 1 aromatic carbocycles. The molecule has 1 fully saturated rings. The lowest BCUT2D eigenvalue weighted by atomic mass is 10.2. The van der Waals surface area contributed by atoms with E-state index in [1.54, 1.807) is 18.2 Å². The molecule has 3 nitrogen and oxygen atoms in total. The van der Waals surface area contributed by atoms with E-state index in [-0.39, 0.29) is 11.8 Å². The molecule has 1 saturated carbocycles. The first-order valence-electron chi connectivity index (χ1n) is 4.98. The van der Waals surface area contributed by atoms with E-state index in [2.05, 4.69) is 5.32 Å². The number of benzene rings is 1. The first-order valence-corrected chi connectivity index (χ1v) is 5.36. The van der Waals surface area contributed by atoms with Gasteiger partial charge in [0.25, 0.3) is 0 Å². The first-order chi connectivity index (χ1) is 7.16. The summed E-state index contributed by atoms with van der Waals surface area (Å²) >= 11 is 5.97. The van der Waals surface area contributed by atoms with Gasteiger partial charge in [0, 0.05) is 23.2 Å². The molecule has 1 aliphatic carbocycles. The molecule has 15 heavy (non-hydrogen) atoms. The highest BCUT2D eigenvalue weighted by Crippen LogP contribution is 2.29. The molecule has 2 rings (SSSR count). The Labute approximate surface area is 93.6 Å². The molecule has 80 valence electrons. The molecular weight excluding hydrogens is 212 g/mol. The zero-order valence-corrected chi connectivity index (χ0v) is 9.05. The fraction of sp³-hybridized carbons (Fsp3) is 0.364. The van der Waals surface area contributed by atoms with E-state index < -0.39 is 0 Å². The number of rotatable bonds is 3. The van der Waals surface area contributed by atoms with E-state index in [4.69, 9.17) is 17.3 Å². The Morgan fingerprint density at radius 3 is 2.93 bits per heavy atom. The molecule has 0 radical (unpaired) electrons. The van der Waals surface area contributed by atoms with E-state index >= 15 is 0 Å². The zero-order valence-electron chi connectivity index (χ0n) is 8.29. The van der Waals surface area contributed by atoms with Crippen molar-refractivity contribution in [3.8, 4) is 0 Å². The second kappa shape index (κ2) is 4.11. The highest BCUT2D eigenvalue weighted by Gasteiger charge is 2.29. The lowest BCUT2D eigenvalue weighted by Crippen LogP contribution is -2.24. The number of amides is 1. The number of nitrogen functional groups attached to an aromatic ring is 1. The van der Waals surface area contributed by atoms with Crippen LogP contribution in [0.25, 0.3) is 0 Å².